The van der Waals surface area contributed by atoms with Crippen molar-refractivity contribution < 1.29 is 13.6 Å². The molecule has 5 nitrogen and oxygen atoms in total. The number of hydrogen-bond acceptors (Lipinski definition) is 3. The maximum atomic E-state index is 13.6. The molecule has 1 aliphatic rings. The number of carbonyl (C=O) groups is 1. The van der Waals surface area contributed by atoms with Crippen molar-refractivity contribution in [2.75, 3.05) is 11.9 Å². The standard InChI is InChI=1S/C25H22F2N4O.ClH/c1-28-20-4-6-21(7-5-20)30(2)25(32)19-11-18(13-29-14-19)16-31(22-8-9-22)15-17-3-10-23(26)24(27)12-17;/h3-7,10-14,22H,8-9,15-16H2,2H3;1H. The second-order valence-corrected chi connectivity index (χ2v) is 7.96. The quantitative estimate of drug-likeness (QED) is 0.413. The molecule has 1 aliphatic carbocycles. The minimum Gasteiger partial charge on any atom is -0.311 e. The van der Waals surface area contributed by atoms with E-state index in [4.69, 9.17) is 6.57 Å². The third-order valence-electron chi connectivity index (χ3n) is 5.53. The van der Waals surface area contributed by atoms with Crippen molar-refractivity contribution >= 4 is 29.7 Å². The van der Waals surface area contributed by atoms with Gasteiger partial charge in [0.2, 0.25) is 0 Å². The van der Waals surface area contributed by atoms with E-state index in [0.717, 1.165) is 24.5 Å². The molecule has 0 radical (unpaired) electrons. The Morgan fingerprint density at radius 1 is 1.03 bits per heavy atom. The summed E-state index contributed by atoms with van der Waals surface area (Å²) in [5, 5.41) is 0. The smallest absolute Gasteiger partial charge is 0.259 e. The lowest BCUT2D eigenvalue weighted by Gasteiger charge is -2.23. The summed E-state index contributed by atoms with van der Waals surface area (Å²) in [5.41, 5.74) is 3.24. The molecule has 0 aliphatic heterocycles. The van der Waals surface area contributed by atoms with Gasteiger partial charge in [0.05, 0.1) is 12.1 Å². The Morgan fingerprint density at radius 3 is 2.36 bits per heavy atom. The minimum absolute atomic E-state index is 0. The van der Waals surface area contributed by atoms with Crippen molar-refractivity contribution in [1.82, 2.24) is 9.88 Å². The molecule has 33 heavy (non-hydrogen) atoms. The van der Waals surface area contributed by atoms with Crippen LogP contribution in [-0.4, -0.2) is 28.9 Å². The Morgan fingerprint density at radius 2 is 1.73 bits per heavy atom. The van der Waals surface area contributed by atoms with Crippen LogP contribution < -0.4 is 4.90 Å². The summed E-state index contributed by atoms with van der Waals surface area (Å²) in [5.74, 6) is -1.90. The SMILES string of the molecule is Cl.[C-]#[N+]c1ccc(N(C)C(=O)c2cncc(CN(Cc3ccc(F)c(F)c3)C3CC3)c2)cc1. The van der Waals surface area contributed by atoms with Crippen molar-refractivity contribution in [1.29, 1.82) is 0 Å². The average Bonchev–Trinajstić information content (AvgIpc) is 3.66. The van der Waals surface area contributed by atoms with Crippen LogP contribution in [0.2, 0.25) is 0 Å². The van der Waals surface area contributed by atoms with E-state index < -0.39 is 11.6 Å². The normalized spacial score (nSPS) is 12.7. The fourth-order valence-electron chi connectivity index (χ4n) is 3.61. The molecule has 1 aromatic heterocycles. The van der Waals surface area contributed by atoms with Crippen molar-refractivity contribution in [3.05, 3.63) is 101 Å². The Labute approximate surface area is 197 Å². The van der Waals surface area contributed by atoms with E-state index in [1.54, 1.807) is 43.6 Å². The third-order valence-corrected chi connectivity index (χ3v) is 5.53. The number of nitrogens with zero attached hydrogens (tertiary/aromatic N) is 4. The van der Waals surface area contributed by atoms with Gasteiger partial charge in [-0.3, -0.25) is 14.7 Å². The van der Waals surface area contributed by atoms with Gasteiger partial charge in [-0.25, -0.2) is 13.6 Å². The molecule has 0 unspecified atom stereocenters. The van der Waals surface area contributed by atoms with Gasteiger partial charge in [-0.05, 0) is 54.3 Å². The highest BCUT2D eigenvalue weighted by molar-refractivity contribution is 6.05. The van der Waals surface area contributed by atoms with E-state index >= 15 is 0 Å². The number of carbonyl (C=O) groups excluding carboxylic acids is 1. The van der Waals surface area contributed by atoms with E-state index in [-0.39, 0.29) is 18.3 Å². The van der Waals surface area contributed by atoms with E-state index in [2.05, 4.69) is 14.7 Å². The molecular formula is C25H23ClF2N4O. The van der Waals surface area contributed by atoms with Gasteiger partial charge in [0.25, 0.3) is 5.91 Å². The lowest BCUT2D eigenvalue weighted by molar-refractivity contribution is 0.0992. The Kier molecular flexibility index (Phi) is 7.75. The first-order chi connectivity index (χ1) is 15.4. The molecule has 0 saturated heterocycles. The van der Waals surface area contributed by atoms with Crippen molar-refractivity contribution in [2.24, 2.45) is 0 Å². The molecule has 0 atom stereocenters. The summed E-state index contributed by atoms with van der Waals surface area (Å²) >= 11 is 0. The van der Waals surface area contributed by atoms with Crippen LogP contribution in [-0.2, 0) is 13.1 Å². The van der Waals surface area contributed by atoms with Crippen LogP contribution in [0, 0.1) is 18.2 Å². The summed E-state index contributed by atoms with van der Waals surface area (Å²) < 4.78 is 26.9. The first-order valence-corrected chi connectivity index (χ1v) is 10.3. The molecule has 0 spiro atoms. The molecule has 0 bridgehead atoms. The number of rotatable bonds is 7. The lowest BCUT2D eigenvalue weighted by Crippen LogP contribution is -2.27. The number of pyridine rings is 1. The maximum Gasteiger partial charge on any atom is 0.259 e. The Hall–Kier alpha value is -3.34. The lowest BCUT2D eigenvalue weighted by atomic mass is 10.1. The van der Waals surface area contributed by atoms with Gasteiger partial charge in [-0.2, -0.15) is 0 Å². The zero-order valence-electron chi connectivity index (χ0n) is 18.0. The maximum absolute atomic E-state index is 13.6. The van der Waals surface area contributed by atoms with Crippen LogP contribution >= 0.6 is 12.4 Å². The van der Waals surface area contributed by atoms with Gasteiger partial charge >= 0.3 is 0 Å². The highest BCUT2D eigenvalue weighted by atomic mass is 35.5. The number of benzene rings is 2. The van der Waals surface area contributed by atoms with Crippen molar-refractivity contribution in [2.45, 2.75) is 32.0 Å². The van der Waals surface area contributed by atoms with Crippen LogP contribution in [0.3, 0.4) is 0 Å². The summed E-state index contributed by atoms with van der Waals surface area (Å²) in [6.45, 7) is 8.09. The highest BCUT2D eigenvalue weighted by Gasteiger charge is 2.29. The molecule has 2 aromatic carbocycles. The van der Waals surface area contributed by atoms with Gasteiger partial charge in [0.1, 0.15) is 0 Å². The second kappa shape index (κ2) is 10.5. The molecular weight excluding hydrogens is 446 g/mol. The Bertz CT molecular complexity index is 1180. The van der Waals surface area contributed by atoms with Crippen LogP contribution in [0.15, 0.2) is 60.9 Å². The molecule has 0 N–H and O–H groups in total. The van der Waals surface area contributed by atoms with Crippen molar-refractivity contribution in [3.8, 4) is 0 Å². The second-order valence-electron chi connectivity index (χ2n) is 7.96. The number of halogens is 3. The highest BCUT2D eigenvalue weighted by Crippen LogP contribution is 2.30. The average molecular weight is 469 g/mol. The minimum atomic E-state index is -0.852. The fourth-order valence-corrected chi connectivity index (χ4v) is 3.61. The largest absolute Gasteiger partial charge is 0.311 e. The van der Waals surface area contributed by atoms with Gasteiger partial charge in [-0.1, -0.05) is 18.2 Å². The molecule has 1 saturated carbocycles. The topological polar surface area (TPSA) is 40.8 Å². The fraction of sp³-hybridized carbons (Fsp3) is 0.240. The summed E-state index contributed by atoms with van der Waals surface area (Å²) in [6, 6.07) is 13.0. The molecule has 1 amide bonds. The van der Waals surface area contributed by atoms with Crippen LogP contribution in [0.1, 0.15) is 34.3 Å². The van der Waals surface area contributed by atoms with Gasteiger partial charge < -0.3 is 4.90 Å². The van der Waals surface area contributed by atoms with Crippen molar-refractivity contribution in [3.63, 3.8) is 0 Å². The number of amides is 1. The Balaban J connectivity index is 0.00000306. The van der Waals surface area contributed by atoms with E-state index in [1.807, 2.05) is 6.07 Å². The predicted octanol–water partition coefficient (Wildman–Crippen LogP) is 5.77. The van der Waals surface area contributed by atoms with Gasteiger partial charge in [-0.15, -0.1) is 12.4 Å². The van der Waals surface area contributed by atoms with Gasteiger partial charge in [0.15, 0.2) is 17.3 Å². The molecule has 170 valence electrons. The molecule has 4 rings (SSSR count). The number of hydrogen-bond donors (Lipinski definition) is 0. The molecule has 3 aromatic rings. The molecule has 1 fully saturated rings. The van der Waals surface area contributed by atoms with E-state index in [0.29, 0.717) is 41.6 Å². The van der Waals surface area contributed by atoms with E-state index in [1.165, 1.54) is 17.2 Å². The third kappa shape index (κ3) is 5.92. The molecule has 8 heteroatoms. The van der Waals surface area contributed by atoms with Gasteiger partial charge in [0, 0.05) is 44.3 Å². The zero-order chi connectivity index (χ0) is 22.7. The summed E-state index contributed by atoms with van der Waals surface area (Å²) in [6.07, 6.45) is 5.37. The summed E-state index contributed by atoms with van der Waals surface area (Å²) in [4.78, 5) is 24.3. The first kappa shape index (κ1) is 24.3. The van der Waals surface area contributed by atoms with Crippen LogP contribution in [0.25, 0.3) is 4.85 Å². The van der Waals surface area contributed by atoms with Crippen LogP contribution in [0.5, 0.6) is 0 Å². The first-order valence-electron chi connectivity index (χ1n) is 10.3. The number of anilines is 1. The number of aromatic nitrogens is 1. The molecule has 1 heterocycles. The summed E-state index contributed by atoms with van der Waals surface area (Å²) in [7, 11) is 1.68. The van der Waals surface area contributed by atoms with Crippen LogP contribution in [0.4, 0.5) is 20.2 Å². The zero-order valence-corrected chi connectivity index (χ0v) is 18.9. The monoisotopic (exact) mass is 468 g/mol. The predicted molar refractivity (Wildman–Crippen MR) is 126 cm³/mol. The van der Waals surface area contributed by atoms with E-state index in [9.17, 15) is 13.6 Å².